The van der Waals surface area contributed by atoms with Crippen LogP contribution in [0.2, 0.25) is 0 Å². The summed E-state index contributed by atoms with van der Waals surface area (Å²) in [5.74, 6) is -0.0696. The van der Waals surface area contributed by atoms with Gasteiger partial charge in [0.25, 0.3) is 5.91 Å². The summed E-state index contributed by atoms with van der Waals surface area (Å²) < 4.78 is 25.3. The normalized spacial score (nSPS) is 20.2. The van der Waals surface area contributed by atoms with Crippen LogP contribution in [0.25, 0.3) is 0 Å². The molecule has 1 aromatic rings. The van der Waals surface area contributed by atoms with Gasteiger partial charge in [-0.3, -0.25) is 9.59 Å². The van der Waals surface area contributed by atoms with Crippen molar-refractivity contribution in [3.05, 3.63) is 29.3 Å². The van der Waals surface area contributed by atoms with Gasteiger partial charge in [-0.05, 0) is 49.4 Å². The van der Waals surface area contributed by atoms with Crippen LogP contribution in [0.4, 0.5) is 5.69 Å². The van der Waals surface area contributed by atoms with E-state index in [1.165, 1.54) is 0 Å². The van der Waals surface area contributed by atoms with E-state index in [9.17, 15) is 18.0 Å². The third kappa shape index (κ3) is 4.07. The molecule has 2 aliphatic rings. The second kappa shape index (κ2) is 7.36. The Bertz CT molecular complexity index is 822. The maximum absolute atomic E-state index is 13.0. The number of likely N-dealkylation sites (tertiary alicyclic amines) is 1. The summed E-state index contributed by atoms with van der Waals surface area (Å²) in [6, 6.07) is 5.34. The van der Waals surface area contributed by atoms with Gasteiger partial charge in [-0.25, -0.2) is 13.1 Å². The van der Waals surface area contributed by atoms with Gasteiger partial charge in [0.1, 0.15) is 0 Å². The van der Waals surface area contributed by atoms with E-state index in [2.05, 4.69) is 4.72 Å². The maximum Gasteiger partial charge on any atom is 0.254 e. The van der Waals surface area contributed by atoms with Crippen molar-refractivity contribution < 1.29 is 18.0 Å². The quantitative estimate of drug-likeness (QED) is 0.850. The van der Waals surface area contributed by atoms with Crippen molar-refractivity contribution in [3.8, 4) is 0 Å². The van der Waals surface area contributed by atoms with Crippen LogP contribution in [0, 0.1) is 0 Å². The Labute approximate surface area is 154 Å². The molecule has 1 fully saturated rings. The summed E-state index contributed by atoms with van der Waals surface area (Å²) in [5, 5.41) is 0. The molecule has 1 N–H and O–H groups in total. The molecule has 2 heterocycles. The minimum Gasteiger partial charge on any atom is -0.334 e. The van der Waals surface area contributed by atoms with Gasteiger partial charge in [-0.15, -0.1) is 0 Å². The molecule has 26 heavy (non-hydrogen) atoms. The lowest BCUT2D eigenvalue weighted by atomic mass is 10.00. The minimum atomic E-state index is -3.29. The van der Waals surface area contributed by atoms with Crippen LogP contribution >= 0.6 is 0 Å². The number of carbonyl (C=O) groups is 2. The van der Waals surface area contributed by atoms with Gasteiger partial charge < -0.3 is 9.80 Å². The first-order valence-corrected chi connectivity index (χ1v) is 10.8. The number of hydrogen-bond acceptors (Lipinski definition) is 4. The highest BCUT2D eigenvalue weighted by Gasteiger charge is 2.29. The summed E-state index contributed by atoms with van der Waals surface area (Å²) in [4.78, 5) is 28.2. The van der Waals surface area contributed by atoms with Gasteiger partial charge in [0, 0.05) is 43.9 Å². The van der Waals surface area contributed by atoms with Gasteiger partial charge in [0.05, 0.1) is 6.26 Å². The predicted octanol–water partition coefficient (Wildman–Crippen LogP) is 1.14. The Morgan fingerprint density at radius 2 is 2.00 bits per heavy atom. The van der Waals surface area contributed by atoms with Gasteiger partial charge in [0.15, 0.2) is 0 Å². The van der Waals surface area contributed by atoms with Crippen molar-refractivity contribution in [1.29, 1.82) is 0 Å². The molecule has 0 unspecified atom stereocenters. The molecule has 1 aromatic carbocycles. The Hall–Kier alpha value is -1.93. The zero-order chi connectivity index (χ0) is 18.9. The van der Waals surface area contributed by atoms with E-state index in [0.717, 1.165) is 43.2 Å². The summed E-state index contributed by atoms with van der Waals surface area (Å²) in [5.41, 5.74) is 2.48. The topological polar surface area (TPSA) is 86.8 Å². The maximum atomic E-state index is 13.0. The molecule has 2 aliphatic heterocycles. The fourth-order valence-electron chi connectivity index (χ4n) is 3.76. The molecule has 0 bridgehead atoms. The van der Waals surface area contributed by atoms with Crippen molar-refractivity contribution >= 4 is 27.5 Å². The fraction of sp³-hybridized carbons (Fsp3) is 0.556. The number of nitrogens with zero attached hydrogens (tertiary/aromatic N) is 2. The van der Waals surface area contributed by atoms with Crippen LogP contribution in [0.3, 0.4) is 0 Å². The Morgan fingerprint density at radius 3 is 2.69 bits per heavy atom. The zero-order valence-corrected chi connectivity index (χ0v) is 16.0. The molecule has 8 heteroatoms. The van der Waals surface area contributed by atoms with Crippen LogP contribution in [0.1, 0.15) is 42.1 Å². The molecular weight excluding hydrogens is 354 g/mol. The average Bonchev–Trinajstić information content (AvgIpc) is 3.02. The van der Waals surface area contributed by atoms with Crippen LogP contribution in [0.15, 0.2) is 18.2 Å². The molecule has 1 atom stereocenters. The summed E-state index contributed by atoms with van der Waals surface area (Å²) in [6.45, 7) is 3.06. The number of anilines is 1. The van der Waals surface area contributed by atoms with E-state index in [0.29, 0.717) is 18.7 Å². The molecule has 3 rings (SSSR count). The number of benzene rings is 1. The summed E-state index contributed by atoms with van der Waals surface area (Å²) in [7, 11) is -3.29. The van der Waals surface area contributed by atoms with Gasteiger partial charge in [-0.2, -0.15) is 0 Å². The van der Waals surface area contributed by atoms with E-state index < -0.39 is 10.0 Å². The number of carbonyl (C=O) groups excluding carboxylic acids is 2. The number of hydrogen-bond donors (Lipinski definition) is 1. The highest BCUT2D eigenvalue weighted by Crippen LogP contribution is 2.30. The molecule has 0 aromatic heterocycles. The van der Waals surface area contributed by atoms with Crippen LogP contribution in [-0.2, 0) is 21.2 Å². The minimum absolute atomic E-state index is 0.00534. The number of piperidine rings is 1. The Morgan fingerprint density at radius 1 is 1.23 bits per heavy atom. The first-order valence-electron chi connectivity index (χ1n) is 8.93. The molecule has 7 nitrogen and oxygen atoms in total. The number of amides is 2. The lowest BCUT2D eigenvalue weighted by Gasteiger charge is -2.36. The summed E-state index contributed by atoms with van der Waals surface area (Å²) >= 11 is 0. The standard InChI is InChI=1S/C18H25N3O4S/c1-13(22)20-10-8-14-11-15(6-7-17(14)20)18(23)21-9-4-3-5-16(21)12-19-26(2,24)25/h6-7,11,16,19H,3-5,8-10,12H2,1-2H3/t16-/m0/s1. The first kappa shape index (κ1) is 18.8. The van der Waals surface area contributed by atoms with E-state index in [1.54, 1.807) is 22.8 Å². The number of sulfonamides is 1. The van der Waals surface area contributed by atoms with Gasteiger partial charge in [-0.1, -0.05) is 0 Å². The first-order chi connectivity index (χ1) is 12.3. The number of fused-ring (bicyclic) bond motifs is 1. The number of nitrogens with one attached hydrogen (secondary N) is 1. The third-order valence-electron chi connectivity index (χ3n) is 5.07. The summed E-state index contributed by atoms with van der Waals surface area (Å²) in [6.07, 6.45) is 4.57. The Kier molecular flexibility index (Phi) is 5.34. The fourth-order valence-corrected chi connectivity index (χ4v) is 4.25. The van der Waals surface area contributed by atoms with Crippen molar-refractivity contribution in [2.75, 3.05) is 30.8 Å². The number of rotatable bonds is 4. The van der Waals surface area contributed by atoms with E-state index >= 15 is 0 Å². The highest BCUT2D eigenvalue weighted by molar-refractivity contribution is 7.88. The zero-order valence-electron chi connectivity index (χ0n) is 15.2. The van der Waals surface area contributed by atoms with Crippen molar-refractivity contribution in [1.82, 2.24) is 9.62 Å². The third-order valence-corrected chi connectivity index (χ3v) is 5.76. The monoisotopic (exact) mass is 379 g/mol. The van der Waals surface area contributed by atoms with Gasteiger partial charge >= 0.3 is 0 Å². The van der Waals surface area contributed by atoms with Crippen molar-refractivity contribution in [2.45, 2.75) is 38.6 Å². The smallest absolute Gasteiger partial charge is 0.254 e. The molecule has 0 saturated carbocycles. The Balaban J connectivity index is 1.78. The van der Waals surface area contributed by atoms with E-state index in [4.69, 9.17) is 0 Å². The molecule has 142 valence electrons. The lowest BCUT2D eigenvalue weighted by molar-refractivity contribution is -0.116. The molecule has 0 aliphatic carbocycles. The second-order valence-electron chi connectivity index (χ2n) is 7.03. The molecular formula is C18H25N3O4S. The van der Waals surface area contributed by atoms with Crippen molar-refractivity contribution in [2.24, 2.45) is 0 Å². The SMILES string of the molecule is CC(=O)N1CCc2cc(C(=O)N3CCCC[C@H]3CNS(C)(=O)=O)ccc21. The van der Waals surface area contributed by atoms with Crippen molar-refractivity contribution in [3.63, 3.8) is 0 Å². The predicted molar refractivity (Wildman–Crippen MR) is 99.7 cm³/mol. The largest absolute Gasteiger partial charge is 0.334 e. The molecule has 0 radical (unpaired) electrons. The molecule has 0 spiro atoms. The van der Waals surface area contributed by atoms with Crippen LogP contribution in [-0.4, -0.2) is 57.1 Å². The van der Waals surface area contributed by atoms with Gasteiger partial charge in [0.2, 0.25) is 15.9 Å². The highest BCUT2D eigenvalue weighted by atomic mass is 32.2. The molecule has 2 amide bonds. The second-order valence-corrected chi connectivity index (χ2v) is 8.87. The average molecular weight is 379 g/mol. The lowest BCUT2D eigenvalue weighted by Crippen LogP contribution is -2.49. The molecule has 1 saturated heterocycles. The van der Waals surface area contributed by atoms with E-state index in [-0.39, 0.29) is 24.4 Å². The van der Waals surface area contributed by atoms with Crippen LogP contribution < -0.4 is 9.62 Å². The van der Waals surface area contributed by atoms with E-state index in [1.807, 2.05) is 12.1 Å². The van der Waals surface area contributed by atoms with Crippen LogP contribution in [0.5, 0.6) is 0 Å².